The highest BCUT2D eigenvalue weighted by Gasteiger charge is 1.88. The van der Waals surface area contributed by atoms with Gasteiger partial charge in [-0.25, -0.2) is 0 Å². The van der Waals surface area contributed by atoms with Crippen molar-refractivity contribution in [2.24, 2.45) is 0 Å². The van der Waals surface area contributed by atoms with Crippen molar-refractivity contribution in [2.45, 2.75) is 71.6 Å². The predicted molar refractivity (Wildman–Crippen MR) is 69.2 cm³/mol. The molecule has 0 aromatic heterocycles. The molecule has 0 bridgehead atoms. The van der Waals surface area contributed by atoms with Gasteiger partial charge in [0.1, 0.15) is 0 Å². The van der Waals surface area contributed by atoms with Crippen molar-refractivity contribution in [3.8, 4) is 0 Å². The van der Waals surface area contributed by atoms with Crippen LogP contribution in [0, 0.1) is 0 Å². The van der Waals surface area contributed by atoms with Crippen LogP contribution in [-0.4, -0.2) is 24.4 Å². The lowest BCUT2D eigenvalue weighted by molar-refractivity contribution is 0.399. The molecule has 2 nitrogen and oxygen atoms in total. The molecule has 2 heteroatoms. The molecule has 0 aliphatic rings. The fourth-order valence-electron chi connectivity index (χ4n) is 1.38. The van der Waals surface area contributed by atoms with Crippen molar-refractivity contribution in [1.29, 1.82) is 0 Å². The van der Waals surface area contributed by atoms with E-state index in [0.29, 0.717) is 0 Å². The zero-order valence-corrected chi connectivity index (χ0v) is 11.3. The molecule has 0 fully saturated rings. The Kier molecular flexibility index (Phi) is 39.6. The van der Waals surface area contributed by atoms with Gasteiger partial charge >= 0.3 is 0 Å². The van der Waals surface area contributed by atoms with Crippen LogP contribution in [0.15, 0.2) is 0 Å². The molecule has 0 spiro atoms. The molecule has 0 atom stereocenters. The molecule has 0 aliphatic carbocycles. The van der Waals surface area contributed by atoms with Crippen molar-refractivity contribution < 1.29 is 10.2 Å². The molecule has 0 amide bonds. The van der Waals surface area contributed by atoms with E-state index in [4.69, 9.17) is 10.2 Å². The van der Waals surface area contributed by atoms with Crippen LogP contribution >= 0.6 is 0 Å². The normalized spacial score (nSPS) is 8.40. The van der Waals surface area contributed by atoms with E-state index in [9.17, 15) is 0 Å². The summed E-state index contributed by atoms with van der Waals surface area (Å²) in [5, 5.41) is 14.0. The largest absolute Gasteiger partial charge is 0.400 e. The van der Waals surface area contributed by atoms with Gasteiger partial charge in [0.05, 0.1) is 0 Å². The van der Waals surface area contributed by atoms with Crippen molar-refractivity contribution in [1.82, 2.24) is 0 Å². The summed E-state index contributed by atoms with van der Waals surface area (Å²) in [4.78, 5) is 0. The number of rotatable bonds is 8. The van der Waals surface area contributed by atoms with Crippen molar-refractivity contribution in [3.05, 3.63) is 0 Å². The maximum atomic E-state index is 7.00. The average Bonchev–Trinajstić information content (AvgIpc) is 2.33. The van der Waals surface area contributed by atoms with Crippen LogP contribution in [0.3, 0.4) is 0 Å². The molecule has 0 aromatic rings. The zero-order valence-electron chi connectivity index (χ0n) is 11.3. The first-order chi connectivity index (χ1) is 7.41. The molecule has 0 saturated heterocycles. The Balaban J connectivity index is -0.000000318. The minimum absolute atomic E-state index is 1.00. The van der Waals surface area contributed by atoms with Crippen LogP contribution in [0.5, 0.6) is 0 Å². The molecule has 0 radical (unpaired) electrons. The van der Waals surface area contributed by atoms with E-state index in [1.165, 1.54) is 57.8 Å². The molecular formula is C13H32O2. The summed E-state index contributed by atoms with van der Waals surface area (Å²) in [6.45, 7) is 4.55. The van der Waals surface area contributed by atoms with Crippen molar-refractivity contribution in [3.63, 3.8) is 0 Å². The molecular weight excluding hydrogens is 188 g/mol. The lowest BCUT2D eigenvalue weighted by Gasteiger charge is -1.98. The monoisotopic (exact) mass is 220 g/mol. The van der Waals surface area contributed by atoms with E-state index in [-0.39, 0.29) is 0 Å². The van der Waals surface area contributed by atoms with E-state index in [1.54, 1.807) is 0 Å². The third kappa shape index (κ3) is 31.5. The third-order valence-corrected chi connectivity index (χ3v) is 2.21. The highest BCUT2D eigenvalue weighted by Crippen LogP contribution is 2.08. The zero-order chi connectivity index (χ0) is 12.4. The van der Waals surface area contributed by atoms with Crippen LogP contribution in [0.1, 0.15) is 71.6 Å². The SMILES string of the molecule is CCCCCCCCCCC.CO.CO. The first kappa shape index (κ1) is 20.3. The molecule has 15 heavy (non-hydrogen) atoms. The van der Waals surface area contributed by atoms with Gasteiger partial charge < -0.3 is 10.2 Å². The summed E-state index contributed by atoms with van der Waals surface area (Å²) in [5.74, 6) is 0. The molecule has 0 aromatic carbocycles. The minimum Gasteiger partial charge on any atom is -0.400 e. The Morgan fingerprint density at radius 2 is 0.667 bits per heavy atom. The van der Waals surface area contributed by atoms with Crippen LogP contribution in [0.4, 0.5) is 0 Å². The van der Waals surface area contributed by atoms with E-state index >= 15 is 0 Å². The molecule has 0 rings (SSSR count). The van der Waals surface area contributed by atoms with Crippen LogP contribution < -0.4 is 0 Å². The number of unbranched alkanes of at least 4 members (excludes halogenated alkanes) is 8. The first-order valence-electron chi connectivity index (χ1n) is 6.31. The van der Waals surface area contributed by atoms with Gasteiger partial charge in [-0.3, -0.25) is 0 Å². The molecule has 2 N–H and O–H groups in total. The number of aliphatic hydroxyl groups is 2. The summed E-state index contributed by atoms with van der Waals surface area (Å²) >= 11 is 0. The highest BCUT2D eigenvalue weighted by molar-refractivity contribution is 4.44. The molecule has 0 saturated carbocycles. The average molecular weight is 220 g/mol. The smallest absolute Gasteiger partial charge is 0.0319 e. The second kappa shape index (κ2) is 29.2. The summed E-state index contributed by atoms with van der Waals surface area (Å²) in [7, 11) is 2.00. The Morgan fingerprint density at radius 1 is 0.467 bits per heavy atom. The van der Waals surface area contributed by atoms with Crippen LogP contribution in [0.25, 0.3) is 0 Å². The van der Waals surface area contributed by atoms with Gasteiger partial charge in [0.2, 0.25) is 0 Å². The maximum Gasteiger partial charge on any atom is 0.0319 e. The summed E-state index contributed by atoms with van der Waals surface area (Å²) < 4.78 is 0. The highest BCUT2D eigenvalue weighted by atomic mass is 16.2. The quantitative estimate of drug-likeness (QED) is 0.612. The standard InChI is InChI=1S/C11H24.2CH4O/c1-3-5-7-9-11-10-8-6-4-2;2*1-2/h3-11H2,1-2H3;2*2H,1H3. The van der Waals surface area contributed by atoms with E-state index in [0.717, 1.165) is 14.2 Å². The molecule has 0 heterocycles. The van der Waals surface area contributed by atoms with E-state index in [2.05, 4.69) is 13.8 Å². The van der Waals surface area contributed by atoms with Gasteiger partial charge in [-0.2, -0.15) is 0 Å². The predicted octanol–water partition coefficient (Wildman–Crippen LogP) is 3.75. The molecule has 0 aliphatic heterocycles. The minimum atomic E-state index is 1.00. The lowest BCUT2D eigenvalue weighted by Crippen LogP contribution is -1.79. The van der Waals surface area contributed by atoms with Gasteiger partial charge in [-0.1, -0.05) is 71.6 Å². The second-order valence-corrected chi connectivity index (χ2v) is 3.47. The fraction of sp³-hybridized carbons (Fsp3) is 1.00. The number of hydrogen-bond acceptors (Lipinski definition) is 2. The Hall–Kier alpha value is -0.0800. The Labute approximate surface area is 96.7 Å². The van der Waals surface area contributed by atoms with Gasteiger partial charge in [0.15, 0.2) is 0 Å². The maximum absolute atomic E-state index is 7.00. The summed E-state index contributed by atoms with van der Waals surface area (Å²) in [5.41, 5.74) is 0. The van der Waals surface area contributed by atoms with Gasteiger partial charge in [-0.05, 0) is 0 Å². The molecule has 96 valence electrons. The fourth-order valence-corrected chi connectivity index (χ4v) is 1.38. The lowest BCUT2D eigenvalue weighted by atomic mass is 10.1. The topological polar surface area (TPSA) is 40.5 Å². The number of aliphatic hydroxyl groups excluding tert-OH is 2. The van der Waals surface area contributed by atoms with E-state index in [1.807, 2.05) is 0 Å². The van der Waals surface area contributed by atoms with Crippen LogP contribution in [-0.2, 0) is 0 Å². The summed E-state index contributed by atoms with van der Waals surface area (Å²) in [6.07, 6.45) is 13.0. The van der Waals surface area contributed by atoms with Gasteiger partial charge in [0.25, 0.3) is 0 Å². The van der Waals surface area contributed by atoms with Gasteiger partial charge in [-0.15, -0.1) is 0 Å². The van der Waals surface area contributed by atoms with Crippen molar-refractivity contribution >= 4 is 0 Å². The van der Waals surface area contributed by atoms with Crippen molar-refractivity contribution in [2.75, 3.05) is 14.2 Å². The Bertz CT molecular complexity index is 57.6. The second-order valence-electron chi connectivity index (χ2n) is 3.47. The first-order valence-corrected chi connectivity index (χ1v) is 6.31. The van der Waals surface area contributed by atoms with Crippen LogP contribution in [0.2, 0.25) is 0 Å². The van der Waals surface area contributed by atoms with E-state index < -0.39 is 0 Å². The molecule has 0 unspecified atom stereocenters. The Morgan fingerprint density at radius 3 is 0.867 bits per heavy atom. The number of hydrogen-bond donors (Lipinski definition) is 2. The third-order valence-electron chi connectivity index (χ3n) is 2.21. The summed E-state index contributed by atoms with van der Waals surface area (Å²) in [6, 6.07) is 0. The van der Waals surface area contributed by atoms with Gasteiger partial charge in [0, 0.05) is 14.2 Å².